The molecule has 1 fully saturated rings. The Hall–Kier alpha value is -13.7. The Labute approximate surface area is 754 Å². The number of carboxylic acids is 3. The van der Waals surface area contributed by atoms with Crippen LogP contribution in [0.3, 0.4) is 0 Å². The zero-order valence-corrected chi connectivity index (χ0v) is 74.9. The number of aromatic hydroxyl groups is 2. The van der Waals surface area contributed by atoms with Gasteiger partial charge in [0.15, 0.2) is 10.5 Å². The van der Waals surface area contributed by atoms with Gasteiger partial charge in [0.2, 0.25) is 77.3 Å². The predicted octanol–water partition coefficient (Wildman–Crippen LogP) is 1.70. The van der Waals surface area contributed by atoms with Gasteiger partial charge in [-0.25, -0.2) is 9.78 Å². The third-order valence-corrected chi connectivity index (χ3v) is 22.5. The standard InChI is InChI=1S/C88H117N17O24S/c1-12-44(3)69(102-84(126)73(88(9,10)11)104-82(124)70(45(4)13-2)101-83(125)72(94-43-106)87(6,7)8)81(123)103-71(46(5)107)80(122)92-41-65(111)105-34-16-18-62(105)79(121)100-61(37-49-40-90-42-93-49)78(120)98-58(29-31-66(112)113)75(117)97-59(30-32-67(114)115)76(118)99-60(35-47-19-22-50(108)23-20-47)77(119)96-57(74(89)116)17-14-15-33-91-86(130)95-48-21-26-53(56(36-48)85(127)128)68-54-27-24-51(109)38-63(54)129-64-39-52(110)25-28-55(64)68/h19-28,36,38-40,42-46,57-62,69-73,107-109H,12-18,29-35,37,41H2,1-11H3,(H2,89,116)(H,90,93)(H,92,122)(H,94,106)(H,96,119)(H,97,117)(H,98,120)(H,99,118)(H,100,121)(H,101,125)(H,102,126)(H,103,123)(H,104,124)(H,112,113)(H,114,115)(H,127,128)(H2,91,95,130)/t44-,45-,46+,57-,58-,59-,60-,61-,62-,69-,70-,71-,72+,73+/m0/s1. The van der Waals surface area contributed by atoms with Crippen LogP contribution in [0.5, 0.6) is 11.5 Å². The number of nitrogens with one attached hydrogen (secondary N) is 14. The number of amides is 13. The lowest BCUT2D eigenvalue weighted by molar-refractivity contribution is -0.141. The number of fused-ring (bicyclic) bond motifs is 2. The Morgan fingerprint density at radius 2 is 1.15 bits per heavy atom. The van der Waals surface area contributed by atoms with Crippen LogP contribution in [-0.4, -0.2) is 238 Å². The van der Waals surface area contributed by atoms with Gasteiger partial charge in [-0.15, -0.1) is 0 Å². The molecule has 1 aliphatic carbocycles. The first kappa shape index (κ1) is 103. The largest absolute Gasteiger partial charge is 0.508 e. The monoisotopic (exact) mass is 1830 g/mol. The molecule has 42 heteroatoms. The Morgan fingerprint density at radius 3 is 1.69 bits per heavy atom. The lowest BCUT2D eigenvalue weighted by Crippen LogP contribution is -2.64. The molecule has 0 unspecified atom stereocenters. The zero-order chi connectivity index (χ0) is 96.3. The lowest BCUT2D eigenvalue weighted by atomic mass is 9.84. The summed E-state index contributed by atoms with van der Waals surface area (Å²) in [5.74, 6) is -17.1. The van der Waals surface area contributed by atoms with Crippen molar-refractivity contribution in [3.05, 3.63) is 118 Å². The first-order valence-corrected chi connectivity index (χ1v) is 42.9. The number of aromatic nitrogens is 2. The normalized spacial score (nSPS) is 15.6. The van der Waals surface area contributed by atoms with E-state index in [4.69, 9.17) is 22.4 Å². The summed E-state index contributed by atoms with van der Waals surface area (Å²) in [5, 5.41) is 96.0. The van der Waals surface area contributed by atoms with Gasteiger partial charge in [-0.3, -0.25) is 76.7 Å². The van der Waals surface area contributed by atoms with E-state index in [1.165, 1.54) is 80.1 Å². The van der Waals surface area contributed by atoms with Crippen LogP contribution in [0.4, 0.5) is 5.69 Å². The number of aromatic carboxylic acids is 1. The maximum atomic E-state index is 14.7. The summed E-state index contributed by atoms with van der Waals surface area (Å²) in [6.45, 7) is 17.5. The van der Waals surface area contributed by atoms with Crippen molar-refractivity contribution in [2.45, 2.75) is 232 Å². The summed E-state index contributed by atoms with van der Waals surface area (Å²) in [4.78, 5) is 240. The SMILES string of the molecule is CC[C@H](C)[C@H](NC(=O)[C@@H](NC=O)C(C)(C)C)C(=O)N[C@H](C(=O)N[C@H](C(=O)N[C@H](C(=O)NCC(=O)N1CCC[C@H]1C(=O)N[C@@H](Cc1c[nH]cn1)C(=O)N[C@@H](CCC(=O)O)C(=O)N[C@@H](CCC(=O)O)C(=O)N[C@@H](Cc1ccc(O)cc1)C(=O)N[C@@H](CCCCNC(=S)Nc1ccc(-c2c3ccc(=O)cc-3oc3cc(O)ccc23)c(C(=O)O)c1)C(N)=O)[C@@H](C)O)[C@@H](C)CC)C(C)(C)C. The summed E-state index contributed by atoms with van der Waals surface area (Å²) in [6.07, 6.45) is -1.05. The van der Waals surface area contributed by atoms with Crippen molar-refractivity contribution in [2.75, 3.05) is 25.0 Å². The number of H-pyrrole nitrogens is 1. The fourth-order valence-electron chi connectivity index (χ4n) is 14.6. The second-order valence-electron chi connectivity index (χ2n) is 34.3. The number of primary amides is 1. The molecule has 3 aromatic carbocycles. The lowest BCUT2D eigenvalue weighted by Gasteiger charge is -2.36. The number of nitrogens with two attached hydrogens (primary N) is 1. The van der Waals surface area contributed by atoms with Crippen molar-refractivity contribution in [3.8, 4) is 33.9 Å². The average Bonchev–Trinajstić information content (AvgIpc) is 1.49. The molecule has 4 aromatic rings. The van der Waals surface area contributed by atoms with E-state index < -0.39 is 223 Å². The number of carbonyl (C=O) groups excluding carboxylic acids is 13. The number of imidazole rings is 1. The third kappa shape index (κ3) is 29.7. The topological polar surface area (TPSA) is 639 Å². The molecule has 0 spiro atoms. The molecule has 2 aliphatic heterocycles. The zero-order valence-electron chi connectivity index (χ0n) is 74.0. The number of nitrogens with zero attached hydrogens (tertiary/aromatic N) is 2. The highest BCUT2D eigenvalue weighted by Gasteiger charge is 2.44. The number of aliphatic hydroxyl groups excluding tert-OH is 1. The number of aromatic amines is 1. The second kappa shape index (κ2) is 47.4. The van der Waals surface area contributed by atoms with Crippen molar-refractivity contribution in [2.24, 2.45) is 28.4 Å². The molecule has 3 aliphatic rings. The molecule has 130 heavy (non-hydrogen) atoms. The first-order valence-electron chi connectivity index (χ1n) is 42.5. The van der Waals surface area contributed by atoms with Crippen LogP contribution in [0, 0.1) is 22.7 Å². The molecule has 1 saturated heterocycles. The number of unbranched alkanes of at least 4 members (excludes halogenated alkanes) is 1. The molecule has 13 amide bonds. The van der Waals surface area contributed by atoms with Crippen LogP contribution in [0.15, 0.2) is 101 Å². The molecule has 0 saturated carbocycles. The molecular weight excluding hydrogens is 1710 g/mol. The predicted molar refractivity (Wildman–Crippen MR) is 476 cm³/mol. The molecule has 1 aromatic heterocycles. The number of phenolic OH excluding ortho intramolecular Hbond substituents is 2. The molecule has 22 N–H and O–H groups in total. The van der Waals surface area contributed by atoms with Crippen LogP contribution >= 0.6 is 12.2 Å². The maximum absolute atomic E-state index is 14.7. The van der Waals surface area contributed by atoms with E-state index >= 15 is 0 Å². The summed E-state index contributed by atoms with van der Waals surface area (Å²) >= 11 is 5.53. The fourth-order valence-corrected chi connectivity index (χ4v) is 14.8. The summed E-state index contributed by atoms with van der Waals surface area (Å²) < 4.78 is 5.93. The second-order valence-corrected chi connectivity index (χ2v) is 34.7. The van der Waals surface area contributed by atoms with Gasteiger partial charge in [0, 0.05) is 79.3 Å². The van der Waals surface area contributed by atoms with E-state index in [-0.39, 0.29) is 114 Å². The number of rotatable bonds is 47. The minimum atomic E-state index is -1.88. The van der Waals surface area contributed by atoms with Crippen molar-refractivity contribution in [3.63, 3.8) is 0 Å². The van der Waals surface area contributed by atoms with Crippen LogP contribution in [0.25, 0.3) is 33.4 Å². The number of benzene rings is 4. The van der Waals surface area contributed by atoms with Gasteiger partial charge in [-0.05, 0) is 146 Å². The summed E-state index contributed by atoms with van der Waals surface area (Å²) in [7, 11) is 0. The van der Waals surface area contributed by atoms with Crippen molar-refractivity contribution in [1.82, 2.24) is 78.7 Å². The van der Waals surface area contributed by atoms with Gasteiger partial charge in [0.25, 0.3) is 0 Å². The number of aliphatic hydroxyl groups is 1. The third-order valence-electron chi connectivity index (χ3n) is 22.2. The molecule has 14 atom stereocenters. The number of carbonyl (C=O) groups is 16. The Morgan fingerprint density at radius 1 is 0.600 bits per heavy atom. The molecule has 0 radical (unpaired) electrons. The first-order chi connectivity index (χ1) is 61.2. The van der Waals surface area contributed by atoms with Gasteiger partial charge < -0.3 is 120 Å². The van der Waals surface area contributed by atoms with E-state index in [0.29, 0.717) is 34.9 Å². The summed E-state index contributed by atoms with van der Waals surface area (Å²) in [5.41, 5.74) is 5.57. The Kier molecular flexibility index (Phi) is 37.7. The van der Waals surface area contributed by atoms with Crippen LogP contribution in [0.1, 0.15) is 168 Å². The van der Waals surface area contributed by atoms with Gasteiger partial charge in [0.1, 0.15) is 89.3 Å². The van der Waals surface area contributed by atoms with E-state index in [9.17, 15) is 112 Å². The van der Waals surface area contributed by atoms with Crippen molar-refractivity contribution >= 4 is 129 Å². The van der Waals surface area contributed by atoms with Crippen LogP contribution < -0.4 is 80.3 Å². The number of aliphatic carboxylic acids is 2. The minimum Gasteiger partial charge on any atom is -0.508 e. The highest BCUT2D eigenvalue weighted by Crippen LogP contribution is 2.43. The Balaban J connectivity index is 0.994. The summed E-state index contributed by atoms with van der Waals surface area (Å²) in [6, 6.07) is 1.72. The number of anilines is 1. The Bertz CT molecular complexity index is 5130. The number of hydrogen-bond acceptors (Lipinski definition) is 23. The average molecular weight is 1830 g/mol. The smallest absolute Gasteiger partial charge is 0.336 e. The van der Waals surface area contributed by atoms with Gasteiger partial charge >= 0.3 is 17.9 Å². The maximum Gasteiger partial charge on any atom is 0.336 e. The number of phenols is 2. The van der Waals surface area contributed by atoms with E-state index in [1.807, 2.05) is 0 Å². The quantitative estimate of drug-likeness (QED) is 0.0112. The van der Waals surface area contributed by atoms with E-state index in [1.54, 1.807) is 87.4 Å². The molecule has 0 bridgehead atoms. The van der Waals surface area contributed by atoms with Crippen molar-refractivity contribution < 1.29 is 112 Å². The van der Waals surface area contributed by atoms with E-state index in [2.05, 4.69) is 79.1 Å². The number of likely N-dealkylation sites (tertiary alicyclic amines) is 1. The van der Waals surface area contributed by atoms with Crippen molar-refractivity contribution in [1.29, 1.82) is 0 Å². The highest BCUT2D eigenvalue weighted by atomic mass is 32.1. The van der Waals surface area contributed by atoms with Gasteiger partial charge in [-0.2, -0.15) is 0 Å². The number of hydrogen-bond donors (Lipinski definition) is 21. The molecular formula is C88H117N17O24S. The molecule has 704 valence electrons. The van der Waals surface area contributed by atoms with Crippen LogP contribution in [-0.2, 0) is 84.8 Å². The van der Waals surface area contributed by atoms with Gasteiger partial charge in [0.05, 0.1) is 30.2 Å². The number of carboxylic acid groups (broad SMARTS) is 3. The molecule has 3 heterocycles. The van der Waals surface area contributed by atoms with Crippen LogP contribution in [0.2, 0.25) is 0 Å². The molecule has 7 rings (SSSR count). The molecule has 41 nitrogen and oxygen atoms in total. The highest BCUT2D eigenvalue weighted by molar-refractivity contribution is 7.80. The number of thiocarbonyl (C=S) groups is 1. The van der Waals surface area contributed by atoms with Gasteiger partial charge in [-0.1, -0.05) is 100 Å². The fraction of sp³-hybridized carbons (Fsp3) is 0.489. The minimum absolute atomic E-state index is 0.000798. The van der Waals surface area contributed by atoms with E-state index in [0.717, 1.165) is 4.90 Å².